The van der Waals surface area contributed by atoms with Crippen molar-refractivity contribution in [3.8, 4) is 11.3 Å². The Kier molecular flexibility index (Phi) is 5.16. The van der Waals surface area contributed by atoms with Crippen LogP contribution in [0.3, 0.4) is 0 Å². The van der Waals surface area contributed by atoms with Crippen molar-refractivity contribution in [1.29, 1.82) is 0 Å². The normalized spacial score (nSPS) is 11.0. The van der Waals surface area contributed by atoms with E-state index in [0.717, 1.165) is 22.4 Å². The van der Waals surface area contributed by atoms with Gasteiger partial charge in [-0.25, -0.2) is 0 Å². The third-order valence-corrected chi connectivity index (χ3v) is 4.00. The number of ether oxygens (including phenoxy) is 1. The Morgan fingerprint density at radius 2 is 1.86 bits per heavy atom. The highest BCUT2D eigenvalue weighted by Gasteiger charge is 2.14. The molecule has 0 unspecified atom stereocenters. The van der Waals surface area contributed by atoms with Gasteiger partial charge in [-0.3, -0.25) is 4.79 Å². The van der Waals surface area contributed by atoms with Gasteiger partial charge in [0, 0.05) is 31.3 Å². The molecule has 22 heavy (non-hydrogen) atoms. The van der Waals surface area contributed by atoms with Gasteiger partial charge in [-0.05, 0) is 38.0 Å². The molecule has 0 radical (unpaired) electrons. The molecule has 0 amide bonds. The van der Waals surface area contributed by atoms with E-state index in [9.17, 15) is 4.79 Å². The van der Waals surface area contributed by atoms with E-state index in [1.807, 2.05) is 6.92 Å². The predicted molar refractivity (Wildman–Crippen MR) is 90.1 cm³/mol. The van der Waals surface area contributed by atoms with Crippen LogP contribution in [-0.2, 0) is 17.8 Å². The van der Waals surface area contributed by atoms with E-state index in [4.69, 9.17) is 10.5 Å². The lowest BCUT2D eigenvalue weighted by Gasteiger charge is -2.18. The molecule has 0 fully saturated rings. The van der Waals surface area contributed by atoms with E-state index in [0.29, 0.717) is 18.7 Å². The van der Waals surface area contributed by atoms with Crippen LogP contribution in [-0.4, -0.2) is 18.3 Å². The summed E-state index contributed by atoms with van der Waals surface area (Å²) in [5, 5.41) is 0. The number of aryl methyl sites for hydroxylation is 3. The number of nitrogens with zero attached hydrogens (tertiary/aromatic N) is 1. The average molecular weight is 300 g/mol. The number of pyridine rings is 1. The Labute approximate surface area is 131 Å². The Morgan fingerprint density at radius 1 is 1.14 bits per heavy atom. The van der Waals surface area contributed by atoms with E-state index < -0.39 is 0 Å². The van der Waals surface area contributed by atoms with Gasteiger partial charge in [0.25, 0.3) is 5.56 Å². The van der Waals surface area contributed by atoms with Gasteiger partial charge in [-0.2, -0.15) is 0 Å². The first-order chi connectivity index (χ1) is 10.5. The first kappa shape index (κ1) is 16.5. The molecule has 0 bridgehead atoms. The second-order valence-corrected chi connectivity index (χ2v) is 5.66. The van der Waals surface area contributed by atoms with Crippen LogP contribution in [0.2, 0.25) is 0 Å². The Morgan fingerprint density at radius 3 is 2.45 bits per heavy atom. The van der Waals surface area contributed by atoms with E-state index in [1.54, 1.807) is 11.7 Å². The summed E-state index contributed by atoms with van der Waals surface area (Å²) in [6, 6.07) is 8.33. The molecule has 1 aromatic heterocycles. The number of methoxy groups -OCH3 is 1. The summed E-state index contributed by atoms with van der Waals surface area (Å²) in [4.78, 5) is 12.7. The van der Waals surface area contributed by atoms with Crippen molar-refractivity contribution in [3.05, 3.63) is 56.9 Å². The second kappa shape index (κ2) is 6.90. The minimum absolute atomic E-state index is 0.0190. The highest BCUT2D eigenvalue weighted by Crippen LogP contribution is 2.25. The molecule has 118 valence electrons. The summed E-state index contributed by atoms with van der Waals surface area (Å²) in [6.45, 7) is 7.34. The van der Waals surface area contributed by atoms with Gasteiger partial charge in [-0.1, -0.05) is 23.8 Å². The molecule has 0 saturated carbocycles. The highest BCUT2D eigenvalue weighted by atomic mass is 16.5. The number of rotatable bonds is 5. The molecule has 0 aliphatic carbocycles. The summed E-state index contributed by atoms with van der Waals surface area (Å²) in [7, 11) is 1.64. The van der Waals surface area contributed by atoms with E-state index in [-0.39, 0.29) is 12.1 Å². The van der Waals surface area contributed by atoms with Gasteiger partial charge in [0.05, 0.1) is 12.3 Å². The molecular weight excluding hydrogens is 276 g/mol. The molecule has 0 spiro atoms. The summed E-state index contributed by atoms with van der Waals surface area (Å²) in [5.41, 5.74) is 11.7. The first-order valence-corrected chi connectivity index (χ1v) is 7.49. The highest BCUT2D eigenvalue weighted by molar-refractivity contribution is 5.65. The minimum Gasteiger partial charge on any atom is -0.383 e. The van der Waals surface area contributed by atoms with E-state index >= 15 is 0 Å². The Bertz CT molecular complexity index is 733. The average Bonchev–Trinajstić information content (AvgIpc) is 2.46. The number of aromatic nitrogens is 1. The van der Waals surface area contributed by atoms with Gasteiger partial charge in [0.15, 0.2) is 0 Å². The van der Waals surface area contributed by atoms with Crippen molar-refractivity contribution >= 4 is 0 Å². The van der Waals surface area contributed by atoms with Crippen LogP contribution >= 0.6 is 0 Å². The zero-order valence-corrected chi connectivity index (χ0v) is 13.8. The van der Waals surface area contributed by atoms with Crippen molar-refractivity contribution in [1.82, 2.24) is 4.57 Å². The topological polar surface area (TPSA) is 57.2 Å². The molecule has 4 heteroatoms. The summed E-state index contributed by atoms with van der Waals surface area (Å²) in [5.74, 6) is 0. The molecular formula is C18H24N2O2. The SMILES string of the molecule is COCCn1c(-c2ccc(C)cc2C)cc(C)c(CN)c1=O. The van der Waals surface area contributed by atoms with Crippen molar-refractivity contribution < 1.29 is 4.74 Å². The smallest absolute Gasteiger partial charge is 0.255 e. The zero-order valence-electron chi connectivity index (χ0n) is 13.8. The lowest BCUT2D eigenvalue weighted by atomic mass is 9.99. The molecule has 0 atom stereocenters. The van der Waals surface area contributed by atoms with Gasteiger partial charge < -0.3 is 15.0 Å². The maximum atomic E-state index is 12.7. The molecule has 4 nitrogen and oxygen atoms in total. The zero-order chi connectivity index (χ0) is 16.3. The Balaban J connectivity index is 2.70. The van der Waals surface area contributed by atoms with Crippen LogP contribution in [0.15, 0.2) is 29.1 Å². The lowest BCUT2D eigenvalue weighted by molar-refractivity contribution is 0.186. The maximum absolute atomic E-state index is 12.7. The first-order valence-electron chi connectivity index (χ1n) is 7.49. The van der Waals surface area contributed by atoms with Gasteiger partial charge in [0.2, 0.25) is 0 Å². The van der Waals surface area contributed by atoms with Crippen molar-refractivity contribution in [3.63, 3.8) is 0 Å². The second-order valence-electron chi connectivity index (χ2n) is 5.66. The number of nitrogens with two attached hydrogens (primary N) is 1. The van der Waals surface area contributed by atoms with Crippen LogP contribution in [0.25, 0.3) is 11.3 Å². The molecule has 2 N–H and O–H groups in total. The molecule has 2 aromatic rings. The fraction of sp³-hybridized carbons (Fsp3) is 0.389. The van der Waals surface area contributed by atoms with Gasteiger partial charge >= 0.3 is 0 Å². The largest absolute Gasteiger partial charge is 0.383 e. The van der Waals surface area contributed by atoms with Gasteiger partial charge in [0.1, 0.15) is 0 Å². The van der Waals surface area contributed by atoms with Crippen LogP contribution in [0, 0.1) is 20.8 Å². The monoisotopic (exact) mass is 300 g/mol. The fourth-order valence-electron chi connectivity index (χ4n) is 2.79. The fourth-order valence-corrected chi connectivity index (χ4v) is 2.79. The van der Waals surface area contributed by atoms with Gasteiger partial charge in [-0.15, -0.1) is 0 Å². The number of hydrogen-bond donors (Lipinski definition) is 1. The van der Waals surface area contributed by atoms with Crippen LogP contribution in [0.5, 0.6) is 0 Å². The maximum Gasteiger partial charge on any atom is 0.255 e. The molecule has 1 heterocycles. The molecule has 0 aliphatic rings. The molecule has 2 rings (SSSR count). The molecule has 0 aliphatic heterocycles. The van der Waals surface area contributed by atoms with E-state index in [2.05, 4.69) is 38.1 Å². The van der Waals surface area contributed by atoms with Crippen LogP contribution < -0.4 is 11.3 Å². The standard InChI is InChI=1S/C18H24N2O2/c1-12-5-6-15(13(2)9-12)17-10-14(3)16(11-19)18(21)20(17)7-8-22-4/h5-6,9-10H,7-8,11,19H2,1-4H3. The van der Waals surface area contributed by atoms with Crippen molar-refractivity contribution in [2.24, 2.45) is 5.73 Å². The van der Waals surface area contributed by atoms with Crippen molar-refractivity contribution in [2.45, 2.75) is 33.9 Å². The third-order valence-electron chi connectivity index (χ3n) is 4.00. The minimum atomic E-state index is -0.0190. The van der Waals surface area contributed by atoms with Crippen LogP contribution in [0.4, 0.5) is 0 Å². The number of benzene rings is 1. The third kappa shape index (κ3) is 3.13. The van der Waals surface area contributed by atoms with Crippen LogP contribution in [0.1, 0.15) is 22.3 Å². The van der Waals surface area contributed by atoms with E-state index in [1.165, 1.54) is 5.56 Å². The Hall–Kier alpha value is -1.91. The molecule has 1 aromatic carbocycles. The predicted octanol–water partition coefficient (Wildman–Crippen LogP) is 2.55. The number of hydrogen-bond acceptors (Lipinski definition) is 3. The van der Waals surface area contributed by atoms with Crippen molar-refractivity contribution in [2.75, 3.05) is 13.7 Å². The molecule has 0 saturated heterocycles. The lowest BCUT2D eigenvalue weighted by Crippen LogP contribution is -2.29. The summed E-state index contributed by atoms with van der Waals surface area (Å²) in [6.07, 6.45) is 0. The quantitative estimate of drug-likeness (QED) is 0.923. The summed E-state index contributed by atoms with van der Waals surface area (Å²) >= 11 is 0. The summed E-state index contributed by atoms with van der Waals surface area (Å²) < 4.78 is 6.93.